The van der Waals surface area contributed by atoms with Gasteiger partial charge < -0.3 is 19.9 Å². The van der Waals surface area contributed by atoms with Crippen molar-refractivity contribution in [2.45, 2.75) is 63.6 Å². The molecule has 208 valence electrons. The topological polar surface area (TPSA) is 82.2 Å². The fourth-order valence-corrected chi connectivity index (χ4v) is 6.59. The molecule has 5 rings (SSSR count). The number of carbonyl (C=O) groups is 3. The number of carbonyl (C=O) groups excluding carboxylic acids is 3. The quantitative estimate of drug-likeness (QED) is 0.554. The SMILES string of the molecule is CCCN1CCN(c2ccc(C(=O)N[C@H](C(=O)N3C[C@@H](C(F)F)[C@H]4OCC(=O)[C@H]43)C3CCCC3)cc2)CC1. The van der Waals surface area contributed by atoms with Crippen LogP contribution in [0.5, 0.6) is 0 Å². The number of hydrogen-bond acceptors (Lipinski definition) is 6. The van der Waals surface area contributed by atoms with Gasteiger partial charge in [0.1, 0.15) is 18.7 Å². The van der Waals surface area contributed by atoms with Crippen LogP contribution in [0.25, 0.3) is 0 Å². The van der Waals surface area contributed by atoms with E-state index in [0.29, 0.717) is 5.56 Å². The Balaban J connectivity index is 1.28. The highest BCUT2D eigenvalue weighted by molar-refractivity contribution is 5.99. The predicted octanol–water partition coefficient (Wildman–Crippen LogP) is 2.57. The number of amides is 2. The van der Waals surface area contributed by atoms with E-state index in [2.05, 4.69) is 22.0 Å². The minimum Gasteiger partial charge on any atom is -0.369 e. The van der Waals surface area contributed by atoms with Crippen LogP contribution in [0.2, 0.25) is 0 Å². The van der Waals surface area contributed by atoms with Gasteiger partial charge in [-0.15, -0.1) is 0 Å². The molecule has 3 saturated heterocycles. The number of likely N-dealkylation sites (tertiary alicyclic amines) is 1. The van der Waals surface area contributed by atoms with E-state index in [1.807, 2.05) is 12.1 Å². The van der Waals surface area contributed by atoms with Crippen molar-refractivity contribution in [3.05, 3.63) is 29.8 Å². The number of anilines is 1. The summed E-state index contributed by atoms with van der Waals surface area (Å²) in [5, 5.41) is 2.92. The summed E-state index contributed by atoms with van der Waals surface area (Å²) >= 11 is 0. The monoisotopic (exact) mass is 532 g/mol. The molecule has 0 spiro atoms. The molecular formula is C28H38F2N4O4. The van der Waals surface area contributed by atoms with Crippen molar-refractivity contribution in [2.24, 2.45) is 11.8 Å². The Morgan fingerprint density at radius 2 is 1.76 bits per heavy atom. The molecule has 2 amide bonds. The van der Waals surface area contributed by atoms with Crippen molar-refractivity contribution >= 4 is 23.3 Å². The maximum Gasteiger partial charge on any atom is 0.251 e. The number of rotatable bonds is 8. The van der Waals surface area contributed by atoms with Gasteiger partial charge in [0.25, 0.3) is 5.91 Å². The number of hydrogen-bond donors (Lipinski definition) is 1. The molecule has 1 aromatic carbocycles. The molecule has 38 heavy (non-hydrogen) atoms. The summed E-state index contributed by atoms with van der Waals surface area (Å²) in [6, 6.07) is 5.55. The molecule has 3 heterocycles. The van der Waals surface area contributed by atoms with Crippen LogP contribution in [-0.2, 0) is 14.3 Å². The Labute approximate surface area is 222 Å². The highest BCUT2D eigenvalue weighted by Gasteiger charge is 2.56. The molecule has 0 aromatic heterocycles. The van der Waals surface area contributed by atoms with E-state index >= 15 is 0 Å². The first-order chi connectivity index (χ1) is 18.4. The number of fused-ring (bicyclic) bond motifs is 1. The highest BCUT2D eigenvalue weighted by atomic mass is 19.3. The van der Waals surface area contributed by atoms with Crippen molar-refractivity contribution in [3.63, 3.8) is 0 Å². The molecule has 3 aliphatic heterocycles. The second-order valence-electron chi connectivity index (χ2n) is 11.0. The molecule has 1 aromatic rings. The zero-order chi connectivity index (χ0) is 26.8. The Kier molecular flexibility index (Phi) is 8.28. The van der Waals surface area contributed by atoms with E-state index in [1.54, 1.807) is 12.1 Å². The second-order valence-corrected chi connectivity index (χ2v) is 11.0. The van der Waals surface area contributed by atoms with Crippen LogP contribution in [0.4, 0.5) is 14.5 Å². The Morgan fingerprint density at radius 3 is 2.39 bits per heavy atom. The molecule has 1 saturated carbocycles. The lowest BCUT2D eigenvalue weighted by atomic mass is 9.95. The summed E-state index contributed by atoms with van der Waals surface area (Å²) < 4.78 is 32.7. The van der Waals surface area contributed by atoms with Gasteiger partial charge in [-0.05, 0) is 56.0 Å². The van der Waals surface area contributed by atoms with Crippen LogP contribution >= 0.6 is 0 Å². The predicted molar refractivity (Wildman–Crippen MR) is 138 cm³/mol. The fourth-order valence-electron chi connectivity index (χ4n) is 6.59. The smallest absolute Gasteiger partial charge is 0.251 e. The number of ether oxygens (including phenoxy) is 1. The molecular weight excluding hydrogens is 494 g/mol. The third-order valence-electron chi connectivity index (χ3n) is 8.66. The summed E-state index contributed by atoms with van der Waals surface area (Å²) in [5.41, 5.74) is 1.50. The Bertz CT molecular complexity index is 1010. The molecule has 4 atom stereocenters. The van der Waals surface area contributed by atoms with Gasteiger partial charge in [-0.1, -0.05) is 19.8 Å². The lowest BCUT2D eigenvalue weighted by molar-refractivity contribution is -0.139. The van der Waals surface area contributed by atoms with Crippen molar-refractivity contribution in [3.8, 4) is 0 Å². The van der Waals surface area contributed by atoms with Crippen LogP contribution in [0, 0.1) is 11.8 Å². The van der Waals surface area contributed by atoms with Gasteiger partial charge in [0.05, 0.1) is 12.0 Å². The van der Waals surface area contributed by atoms with Crippen molar-refractivity contribution in [2.75, 3.05) is 50.8 Å². The van der Waals surface area contributed by atoms with Crippen LogP contribution in [0.1, 0.15) is 49.4 Å². The number of alkyl halides is 2. The van der Waals surface area contributed by atoms with Gasteiger partial charge in [0.2, 0.25) is 12.3 Å². The Morgan fingerprint density at radius 1 is 1.08 bits per heavy atom. The zero-order valence-corrected chi connectivity index (χ0v) is 22.0. The van der Waals surface area contributed by atoms with E-state index in [4.69, 9.17) is 4.74 Å². The van der Waals surface area contributed by atoms with E-state index in [0.717, 1.165) is 70.5 Å². The maximum atomic E-state index is 13.7. The van der Waals surface area contributed by atoms with Crippen LogP contribution in [0.3, 0.4) is 0 Å². The van der Waals surface area contributed by atoms with Gasteiger partial charge >= 0.3 is 0 Å². The summed E-state index contributed by atoms with van der Waals surface area (Å²) in [6.45, 7) is 6.69. The molecule has 4 aliphatic rings. The van der Waals surface area contributed by atoms with Crippen molar-refractivity contribution in [1.82, 2.24) is 15.1 Å². The van der Waals surface area contributed by atoms with E-state index in [9.17, 15) is 23.2 Å². The lowest BCUT2D eigenvalue weighted by Gasteiger charge is -2.36. The van der Waals surface area contributed by atoms with Gasteiger partial charge in [0.15, 0.2) is 5.78 Å². The minimum atomic E-state index is -2.70. The number of nitrogens with one attached hydrogen (secondary N) is 1. The zero-order valence-electron chi connectivity index (χ0n) is 22.0. The molecule has 0 radical (unpaired) electrons. The van der Waals surface area contributed by atoms with Crippen LogP contribution in [0.15, 0.2) is 24.3 Å². The highest BCUT2D eigenvalue weighted by Crippen LogP contribution is 2.37. The molecule has 0 unspecified atom stereocenters. The molecule has 10 heteroatoms. The lowest BCUT2D eigenvalue weighted by Crippen LogP contribution is -2.54. The number of nitrogens with zero attached hydrogens (tertiary/aromatic N) is 3. The molecule has 4 fully saturated rings. The first kappa shape index (κ1) is 27.0. The number of halogens is 2. The van der Waals surface area contributed by atoms with Gasteiger partial charge in [-0.2, -0.15) is 0 Å². The summed E-state index contributed by atoms with van der Waals surface area (Å²) in [7, 11) is 0. The number of benzene rings is 1. The number of piperazine rings is 1. The number of Topliss-reactive ketones (excluding diaryl/α,β-unsaturated/α-hetero) is 1. The third kappa shape index (κ3) is 5.43. The van der Waals surface area contributed by atoms with E-state index < -0.39 is 36.4 Å². The van der Waals surface area contributed by atoms with Gasteiger partial charge in [0, 0.05) is 44.0 Å². The largest absolute Gasteiger partial charge is 0.369 e. The summed E-state index contributed by atoms with van der Waals surface area (Å²) in [4.78, 5) is 45.5. The summed E-state index contributed by atoms with van der Waals surface area (Å²) in [6.07, 6.45) is 0.886. The van der Waals surface area contributed by atoms with E-state index in [1.165, 1.54) is 4.90 Å². The third-order valence-corrected chi connectivity index (χ3v) is 8.66. The second kappa shape index (κ2) is 11.7. The van der Waals surface area contributed by atoms with Crippen LogP contribution in [-0.4, -0.2) is 97.9 Å². The summed E-state index contributed by atoms with van der Waals surface area (Å²) in [5.74, 6) is -2.47. The minimum absolute atomic E-state index is 0.0911. The van der Waals surface area contributed by atoms with Gasteiger partial charge in [-0.3, -0.25) is 19.3 Å². The first-order valence-electron chi connectivity index (χ1n) is 14.0. The van der Waals surface area contributed by atoms with Crippen LogP contribution < -0.4 is 10.2 Å². The van der Waals surface area contributed by atoms with Crippen molar-refractivity contribution < 1.29 is 27.9 Å². The standard InChI is InChI=1S/C28H38F2N4O4/c1-2-11-32-12-14-33(15-13-32)20-9-7-19(8-10-20)27(36)31-23(18-5-3-4-6-18)28(37)34-16-21(26(29)30)25-24(34)22(35)17-38-25/h7-10,18,21,23-26H,2-6,11-17H2,1H3,(H,31,36)/t21-,23+,24-,25-/m1/s1. The molecule has 8 nitrogen and oxygen atoms in total. The molecule has 1 N–H and O–H groups in total. The molecule has 0 bridgehead atoms. The van der Waals surface area contributed by atoms with Gasteiger partial charge in [-0.25, -0.2) is 8.78 Å². The molecule has 1 aliphatic carbocycles. The van der Waals surface area contributed by atoms with E-state index in [-0.39, 0.29) is 30.8 Å². The normalized spacial score (nSPS) is 27.3. The average molecular weight is 533 g/mol. The number of ketones is 1. The maximum absolute atomic E-state index is 13.7. The average Bonchev–Trinajstić information content (AvgIpc) is 3.67. The fraction of sp³-hybridized carbons (Fsp3) is 0.679. The Hall–Kier alpha value is -2.59. The first-order valence-corrected chi connectivity index (χ1v) is 14.0. The van der Waals surface area contributed by atoms with Crippen molar-refractivity contribution in [1.29, 1.82) is 0 Å².